The van der Waals surface area contributed by atoms with Crippen molar-refractivity contribution in [1.82, 2.24) is 9.97 Å². The normalized spacial score (nSPS) is 15.3. The van der Waals surface area contributed by atoms with Gasteiger partial charge in [-0.15, -0.1) is 0 Å². The lowest BCUT2D eigenvalue weighted by Crippen LogP contribution is -2.27. The van der Waals surface area contributed by atoms with E-state index in [1.54, 1.807) is 0 Å². The molecule has 6 heteroatoms. The number of anilines is 1. The van der Waals surface area contributed by atoms with Crippen molar-refractivity contribution in [2.75, 3.05) is 12.3 Å². The molecule has 2 unspecified atom stereocenters. The maximum atomic E-state index is 9.44. The lowest BCUT2D eigenvalue weighted by molar-refractivity contribution is 0.0217. The molecule has 0 spiro atoms. The third kappa shape index (κ3) is 2.35. The predicted molar refractivity (Wildman–Crippen MR) is 46.5 cm³/mol. The molecule has 6 nitrogen and oxygen atoms in total. The Bertz CT molecular complexity index is 281. The van der Waals surface area contributed by atoms with Crippen molar-refractivity contribution in [2.45, 2.75) is 12.2 Å². The molecular weight excluding hydrogens is 172 g/mol. The molecule has 1 aromatic rings. The van der Waals surface area contributed by atoms with Crippen LogP contribution in [0.25, 0.3) is 0 Å². The molecule has 1 rings (SSSR count). The van der Waals surface area contributed by atoms with Gasteiger partial charge in [-0.2, -0.15) is 0 Å². The summed E-state index contributed by atoms with van der Waals surface area (Å²) in [5, 5.41) is 18.6. The molecule has 13 heavy (non-hydrogen) atoms. The molecule has 0 fully saturated rings. The third-order valence-electron chi connectivity index (χ3n) is 1.60. The zero-order valence-corrected chi connectivity index (χ0v) is 6.96. The smallest absolute Gasteiger partial charge is 0.220 e. The maximum Gasteiger partial charge on any atom is 0.220 e. The minimum Gasteiger partial charge on any atom is -0.389 e. The van der Waals surface area contributed by atoms with E-state index in [-0.39, 0.29) is 18.2 Å². The fraction of sp³-hybridized carbons (Fsp3) is 0.429. The first kappa shape index (κ1) is 9.85. The van der Waals surface area contributed by atoms with Gasteiger partial charge in [-0.05, 0) is 6.07 Å². The number of hydrogen-bond acceptors (Lipinski definition) is 6. The fourth-order valence-corrected chi connectivity index (χ4v) is 0.879. The van der Waals surface area contributed by atoms with Gasteiger partial charge in [0.15, 0.2) is 0 Å². The number of hydrogen-bond donors (Lipinski definition) is 4. The van der Waals surface area contributed by atoms with Gasteiger partial charge in [0.25, 0.3) is 0 Å². The van der Waals surface area contributed by atoms with E-state index in [9.17, 15) is 10.2 Å². The first-order valence-electron chi connectivity index (χ1n) is 3.79. The average Bonchev–Trinajstić information content (AvgIpc) is 2.15. The van der Waals surface area contributed by atoms with E-state index in [0.717, 1.165) is 0 Å². The van der Waals surface area contributed by atoms with Crippen molar-refractivity contribution < 1.29 is 10.2 Å². The molecule has 6 N–H and O–H groups in total. The fourth-order valence-electron chi connectivity index (χ4n) is 0.879. The van der Waals surface area contributed by atoms with Crippen LogP contribution in [0.15, 0.2) is 12.3 Å². The van der Waals surface area contributed by atoms with Gasteiger partial charge in [-0.3, -0.25) is 0 Å². The highest BCUT2D eigenvalue weighted by molar-refractivity contribution is 5.19. The van der Waals surface area contributed by atoms with Gasteiger partial charge >= 0.3 is 0 Å². The number of aliphatic hydroxyl groups is 2. The lowest BCUT2D eigenvalue weighted by atomic mass is 10.1. The first-order chi connectivity index (χ1) is 6.15. The van der Waals surface area contributed by atoms with Crippen molar-refractivity contribution in [1.29, 1.82) is 0 Å². The van der Waals surface area contributed by atoms with E-state index < -0.39 is 12.2 Å². The Labute approximate surface area is 75.2 Å². The van der Waals surface area contributed by atoms with Gasteiger partial charge in [-0.1, -0.05) is 0 Å². The van der Waals surface area contributed by atoms with Crippen molar-refractivity contribution in [3.8, 4) is 0 Å². The maximum absolute atomic E-state index is 9.44. The molecule has 0 bridgehead atoms. The molecule has 0 amide bonds. The molecule has 0 aromatic carbocycles. The summed E-state index contributed by atoms with van der Waals surface area (Å²) in [5.74, 6) is 0.0563. The monoisotopic (exact) mass is 184 g/mol. The highest BCUT2D eigenvalue weighted by Crippen LogP contribution is 2.13. The predicted octanol–water partition coefficient (Wildman–Crippen LogP) is -1.59. The Morgan fingerprint density at radius 3 is 2.69 bits per heavy atom. The van der Waals surface area contributed by atoms with Crippen molar-refractivity contribution in [3.05, 3.63) is 18.0 Å². The largest absolute Gasteiger partial charge is 0.389 e. The Balaban J connectivity index is 2.82. The van der Waals surface area contributed by atoms with Crippen LogP contribution in [0.4, 0.5) is 5.95 Å². The van der Waals surface area contributed by atoms with Crippen LogP contribution in [0.2, 0.25) is 0 Å². The number of nitrogens with two attached hydrogens (primary N) is 2. The Morgan fingerprint density at radius 2 is 2.15 bits per heavy atom. The Morgan fingerprint density at radius 1 is 1.46 bits per heavy atom. The van der Waals surface area contributed by atoms with E-state index >= 15 is 0 Å². The van der Waals surface area contributed by atoms with Crippen LogP contribution >= 0.6 is 0 Å². The summed E-state index contributed by atoms with van der Waals surface area (Å²) in [6.45, 7) is -0.0366. The molecule has 2 atom stereocenters. The summed E-state index contributed by atoms with van der Waals surface area (Å²) in [4.78, 5) is 7.39. The van der Waals surface area contributed by atoms with E-state index in [1.165, 1.54) is 12.3 Å². The first-order valence-corrected chi connectivity index (χ1v) is 3.79. The molecule has 0 aliphatic rings. The zero-order chi connectivity index (χ0) is 9.84. The zero-order valence-electron chi connectivity index (χ0n) is 6.96. The van der Waals surface area contributed by atoms with Gasteiger partial charge in [0, 0.05) is 12.7 Å². The summed E-state index contributed by atoms with van der Waals surface area (Å²) < 4.78 is 0. The number of aromatic nitrogens is 2. The average molecular weight is 184 g/mol. The summed E-state index contributed by atoms with van der Waals surface area (Å²) in [6, 6.07) is 1.47. The quantitative estimate of drug-likeness (QED) is 0.450. The van der Waals surface area contributed by atoms with Crippen LogP contribution in [0.3, 0.4) is 0 Å². The van der Waals surface area contributed by atoms with Crippen molar-refractivity contribution in [3.63, 3.8) is 0 Å². The van der Waals surface area contributed by atoms with Gasteiger partial charge in [0.2, 0.25) is 5.95 Å². The van der Waals surface area contributed by atoms with Gasteiger partial charge in [-0.25, -0.2) is 9.97 Å². The topological polar surface area (TPSA) is 118 Å². The molecule has 0 aliphatic carbocycles. The summed E-state index contributed by atoms with van der Waals surface area (Å²) >= 11 is 0. The van der Waals surface area contributed by atoms with Crippen molar-refractivity contribution in [2.24, 2.45) is 5.73 Å². The van der Waals surface area contributed by atoms with Gasteiger partial charge in [0.1, 0.15) is 6.10 Å². The Hall–Kier alpha value is -1.24. The van der Waals surface area contributed by atoms with Gasteiger partial charge < -0.3 is 21.7 Å². The molecule has 72 valence electrons. The summed E-state index contributed by atoms with van der Waals surface area (Å²) in [6.07, 6.45) is -0.742. The SMILES string of the molecule is NCC(O)C(O)c1ccnc(N)n1. The molecule has 0 aliphatic heterocycles. The van der Waals surface area contributed by atoms with E-state index in [2.05, 4.69) is 9.97 Å². The standard InChI is InChI=1S/C7H12N4O2/c8-3-5(12)6(13)4-1-2-10-7(9)11-4/h1-2,5-6,12-13H,3,8H2,(H2,9,10,11). The minimum absolute atomic E-state index is 0.0366. The Kier molecular flexibility index (Phi) is 3.13. The van der Waals surface area contributed by atoms with Crippen LogP contribution in [0, 0.1) is 0 Å². The second kappa shape index (κ2) is 4.13. The number of rotatable bonds is 3. The highest BCUT2D eigenvalue weighted by Gasteiger charge is 2.18. The molecule has 1 heterocycles. The van der Waals surface area contributed by atoms with Crippen LogP contribution in [-0.4, -0.2) is 32.8 Å². The van der Waals surface area contributed by atoms with E-state index in [1.807, 2.05) is 0 Å². The van der Waals surface area contributed by atoms with Crippen molar-refractivity contribution >= 4 is 5.95 Å². The minimum atomic E-state index is -1.12. The van der Waals surface area contributed by atoms with Gasteiger partial charge in [0.05, 0.1) is 11.8 Å². The van der Waals surface area contributed by atoms with Crippen LogP contribution < -0.4 is 11.5 Å². The van der Waals surface area contributed by atoms with Crippen LogP contribution in [0.5, 0.6) is 0 Å². The summed E-state index contributed by atoms with van der Waals surface area (Å²) in [5.41, 5.74) is 10.7. The molecule has 1 aromatic heterocycles. The second-order valence-electron chi connectivity index (χ2n) is 2.59. The van der Waals surface area contributed by atoms with Crippen LogP contribution in [0.1, 0.15) is 11.8 Å². The highest BCUT2D eigenvalue weighted by atomic mass is 16.3. The number of nitrogen functional groups attached to an aromatic ring is 1. The molecule has 0 radical (unpaired) electrons. The van der Waals surface area contributed by atoms with E-state index in [0.29, 0.717) is 0 Å². The third-order valence-corrected chi connectivity index (χ3v) is 1.60. The van der Waals surface area contributed by atoms with E-state index in [4.69, 9.17) is 11.5 Å². The molecule has 0 saturated carbocycles. The number of aliphatic hydroxyl groups excluding tert-OH is 2. The molecule has 0 saturated heterocycles. The second-order valence-corrected chi connectivity index (χ2v) is 2.59. The van der Waals surface area contributed by atoms with Crippen LogP contribution in [-0.2, 0) is 0 Å². The summed E-state index contributed by atoms with van der Waals surface area (Å²) in [7, 11) is 0. The lowest BCUT2D eigenvalue weighted by Gasteiger charge is -2.14. The number of nitrogens with zero attached hydrogens (tertiary/aromatic N) is 2. The molecular formula is C7H12N4O2.